The number of ether oxygens (including phenoxy) is 1. The maximum atomic E-state index is 5.36. The molecule has 1 aromatic carbocycles. The topological polar surface area (TPSA) is 61.0 Å². The number of benzene rings is 1. The molecule has 0 saturated carbocycles. The van der Waals surface area contributed by atoms with Crippen molar-refractivity contribution in [2.45, 2.75) is 13.8 Å². The second kappa shape index (κ2) is 5.88. The number of aromatic nitrogens is 3. The highest BCUT2D eigenvalue weighted by Gasteiger charge is 2.16. The molecular weight excluding hydrogens is 346 g/mol. The number of aryl methyl sites for hydroxylation is 2. The zero-order valence-corrected chi connectivity index (χ0v) is 14.0. The predicted molar refractivity (Wildman–Crippen MR) is 86.7 cm³/mol. The van der Waals surface area contributed by atoms with E-state index >= 15 is 0 Å². The third-order valence-electron chi connectivity index (χ3n) is 3.29. The van der Waals surface area contributed by atoms with Crippen molar-refractivity contribution in [1.29, 1.82) is 0 Å². The molecule has 0 radical (unpaired) electrons. The molecular formula is C16H14BrN3O2. The van der Waals surface area contributed by atoms with Gasteiger partial charge in [0.2, 0.25) is 0 Å². The molecule has 0 aliphatic heterocycles. The van der Waals surface area contributed by atoms with E-state index in [1.54, 1.807) is 13.3 Å². The Labute approximate surface area is 136 Å². The van der Waals surface area contributed by atoms with Crippen molar-refractivity contribution in [3.05, 3.63) is 46.2 Å². The number of halogens is 1. The summed E-state index contributed by atoms with van der Waals surface area (Å²) in [4.78, 5) is 8.65. The van der Waals surface area contributed by atoms with Crippen molar-refractivity contribution in [3.8, 4) is 28.6 Å². The van der Waals surface area contributed by atoms with Crippen LogP contribution in [-0.4, -0.2) is 22.2 Å². The van der Waals surface area contributed by atoms with Gasteiger partial charge in [0.25, 0.3) is 0 Å². The maximum absolute atomic E-state index is 5.36. The fraction of sp³-hybridized carbons (Fsp3) is 0.188. The van der Waals surface area contributed by atoms with E-state index in [-0.39, 0.29) is 0 Å². The first-order valence-electron chi connectivity index (χ1n) is 6.69. The van der Waals surface area contributed by atoms with Crippen LogP contribution in [0.3, 0.4) is 0 Å². The Morgan fingerprint density at radius 3 is 2.64 bits per heavy atom. The van der Waals surface area contributed by atoms with Gasteiger partial charge >= 0.3 is 6.01 Å². The van der Waals surface area contributed by atoms with Crippen molar-refractivity contribution in [2.75, 3.05) is 7.11 Å². The summed E-state index contributed by atoms with van der Waals surface area (Å²) >= 11 is 3.55. The fourth-order valence-corrected chi connectivity index (χ4v) is 2.47. The van der Waals surface area contributed by atoms with Crippen molar-refractivity contribution in [1.82, 2.24) is 15.1 Å². The second-order valence-electron chi connectivity index (χ2n) is 4.92. The Kier molecular flexibility index (Phi) is 3.94. The highest BCUT2D eigenvalue weighted by molar-refractivity contribution is 9.10. The molecule has 0 saturated heterocycles. The van der Waals surface area contributed by atoms with Gasteiger partial charge in [-0.15, -0.1) is 0 Å². The van der Waals surface area contributed by atoms with E-state index in [0.717, 1.165) is 32.6 Å². The summed E-state index contributed by atoms with van der Waals surface area (Å²) in [6.07, 6.45) is 1.69. The standard InChI is InChI=1S/C16H14BrN3O2/c1-9-4-5-11(7-13(9)17)15-12(8-18-16(19-15)21-3)14-6-10(2)20-22-14/h4-8H,1-3H3. The van der Waals surface area contributed by atoms with Gasteiger partial charge in [0, 0.05) is 22.3 Å². The molecule has 0 aliphatic carbocycles. The molecule has 0 aliphatic rings. The van der Waals surface area contributed by atoms with Gasteiger partial charge in [0.05, 0.1) is 24.1 Å². The van der Waals surface area contributed by atoms with E-state index in [1.807, 2.05) is 38.1 Å². The highest BCUT2D eigenvalue weighted by Crippen LogP contribution is 2.33. The predicted octanol–water partition coefficient (Wildman–Crippen LogP) is 4.19. The molecule has 2 heterocycles. The quantitative estimate of drug-likeness (QED) is 0.701. The van der Waals surface area contributed by atoms with E-state index in [4.69, 9.17) is 9.26 Å². The molecule has 0 bridgehead atoms. The zero-order valence-electron chi connectivity index (χ0n) is 12.4. The van der Waals surface area contributed by atoms with Crippen molar-refractivity contribution in [2.24, 2.45) is 0 Å². The Morgan fingerprint density at radius 1 is 1.18 bits per heavy atom. The molecule has 112 valence electrons. The Balaban J connectivity index is 2.20. The third kappa shape index (κ3) is 2.74. The normalized spacial score (nSPS) is 10.7. The van der Waals surface area contributed by atoms with Crippen LogP contribution < -0.4 is 4.74 Å². The SMILES string of the molecule is COc1ncc(-c2cc(C)no2)c(-c2ccc(C)c(Br)c2)n1. The first-order valence-corrected chi connectivity index (χ1v) is 7.49. The Morgan fingerprint density at radius 2 is 2.00 bits per heavy atom. The van der Waals surface area contributed by atoms with E-state index in [2.05, 4.69) is 31.1 Å². The van der Waals surface area contributed by atoms with Crippen LogP contribution in [0.5, 0.6) is 6.01 Å². The number of methoxy groups -OCH3 is 1. The van der Waals surface area contributed by atoms with E-state index in [0.29, 0.717) is 11.8 Å². The smallest absolute Gasteiger partial charge is 0.316 e. The summed E-state index contributed by atoms with van der Waals surface area (Å²) in [7, 11) is 1.54. The van der Waals surface area contributed by atoms with Crippen molar-refractivity contribution >= 4 is 15.9 Å². The van der Waals surface area contributed by atoms with E-state index < -0.39 is 0 Å². The first-order chi connectivity index (χ1) is 10.6. The van der Waals surface area contributed by atoms with Crippen LogP contribution in [0.25, 0.3) is 22.6 Å². The van der Waals surface area contributed by atoms with Gasteiger partial charge in [0.15, 0.2) is 5.76 Å². The lowest BCUT2D eigenvalue weighted by molar-refractivity contribution is 0.380. The van der Waals surface area contributed by atoms with E-state index in [9.17, 15) is 0 Å². The molecule has 5 nitrogen and oxygen atoms in total. The minimum atomic E-state index is 0.312. The summed E-state index contributed by atoms with van der Waals surface area (Å²) in [5.74, 6) is 0.631. The van der Waals surface area contributed by atoms with Crippen LogP contribution >= 0.6 is 15.9 Å². The van der Waals surface area contributed by atoms with Gasteiger partial charge in [-0.1, -0.05) is 33.2 Å². The molecule has 0 fully saturated rings. The Hall–Kier alpha value is -2.21. The fourth-order valence-electron chi connectivity index (χ4n) is 2.10. The highest BCUT2D eigenvalue weighted by atomic mass is 79.9. The summed E-state index contributed by atoms with van der Waals surface area (Å²) in [5, 5.41) is 3.93. The monoisotopic (exact) mass is 359 g/mol. The lowest BCUT2D eigenvalue weighted by atomic mass is 10.0. The van der Waals surface area contributed by atoms with E-state index in [1.165, 1.54) is 0 Å². The molecule has 3 rings (SSSR count). The molecule has 0 spiro atoms. The second-order valence-corrected chi connectivity index (χ2v) is 5.77. The maximum Gasteiger partial charge on any atom is 0.316 e. The molecule has 0 unspecified atom stereocenters. The summed E-state index contributed by atoms with van der Waals surface area (Å²) < 4.78 is 11.5. The third-order valence-corrected chi connectivity index (χ3v) is 4.14. The average molecular weight is 360 g/mol. The van der Waals surface area contributed by atoms with Gasteiger partial charge in [-0.2, -0.15) is 4.98 Å². The van der Waals surface area contributed by atoms with Crippen LogP contribution in [-0.2, 0) is 0 Å². The summed E-state index contributed by atoms with van der Waals surface area (Å²) in [6, 6.07) is 8.23. The lowest BCUT2D eigenvalue weighted by Gasteiger charge is -2.09. The largest absolute Gasteiger partial charge is 0.467 e. The first kappa shape index (κ1) is 14.7. The van der Waals surface area contributed by atoms with Crippen LogP contribution in [0.4, 0.5) is 0 Å². The molecule has 3 aromatic rings. The van der Waals surface area contributed by atoms with Crippen LogP contribution in [0.15, 0.2) is 39.5 Å². The average Bonchev–Trinajstić information content (AvgIpc) is 2.96. The van der Waals surface area contributed by atoms with Gasteiger partial charge < -0.3 is 9.26 Å². The Bertz CT molecular complexity index is 830. The number of hydrogen-bond donors (Lipinski definition) is 0. The molecule has 0 atom stereocenters. The summed E-state index contributed by atoms with van der Waals surface area (Å²) in [5.41, 5.74) is 4.42. The lowest BCUT2D eigenvalue weighted by Crippen LogP contribution is -1.96. The molecule has 6 heteroatoms. The number of nitrogens with zero attached hydrogens (tertiary/aromatic N) is 3. The van der Waals surface area contributed by atoms with Gasteiger partial charge in [0.1, 0.15) is 0 Å². The molecule has 2 aromatic heterocycles. The molecule has 22 heavy (non-hydrogen) atoms. The van der Waals surface area contributed by atoms with Crippen LogP contribution in [0.1, 0.15) is 11.3 Å². The van der Waals surface area contributed by atoms with Crippen LogP contribution in [0, 0.1) is 13.8 Å². The minimum absolute atomic E-state index is 0.312. The number of hydrogen-bond acceptors (Lipinski definition) is 5. The minimum Gasteiger partial charge on any atom is -0.467 e. The number of rotatable bonds is 3. The van der Waals surface area contributed by atoms with Crippen molar-refractivity contribution < 1.29 is 9.26 Å². The zero-order chi connectivity index (χ0) is 15.7. The van der Waals surface area contributed by atoms with Crippen LogP contribution in [0.2, 0.25) is 0 Å². The van der Waals surface area contributed by atoms with Gasteiger partial charge in [-0.05, 0) is 25.5 Å². The van der Waals surface area contributed by atoms with Gasteiger partial charge in [-0.25, -0.2) is 4.98 Å². The van der Waals surface area contributed by atoms with Crippen molar-refractivity contribution in [3.63, 3.8) is 0 Å². The molecule has 0 amide bonds. The summed E-state index contributed by atoms with van der Waals surface area (Å²) in [6.45, 7) is 3.91. The molecule has 0 N–H and O–H groups in total. The van der Waals surface area contributed by atoms with Gasteiger partial charge in [-0.3, -0.25) is 0 Å².